The van der Waals surface area contributed by atoms with Crippen LogP contribution in [0.25, 0.3) is 0 Å². The first-order valence-electron chi connectivity index (χ1n) is 5.83. The van der Waals surface area contributed by atoms with E-state index in [0.29, 0.717) is 12.2 Å². The average molecular weight is 197 g/mol. The second-order valence-electron chi connectivity index (χ2n) is 4.73. The van der Waals surface area contributed by atoms with Crippen LogP contribution in [0.2, 0.25) is 0 Å². The highest BCUT2D eigenvalue weighted by molar-refractivity contribution is 5.83. The smallest absolute Gasteiger partial charge is 0.149 e. The molecule has 0 aromatic carbocycles. The summed E-state index contributed by atoms with van der Waals surface area (Å²) in [6.07, 6.45) is 1.91. The number of rotatable bonds is 3. The molecule has 14 heavy (non-hydrogen) atoms. The Morgan fingerprint density at radius 3 is 2.57 bits per heavy atom. The maximum absolute atomic E-state index is 11.6. The number of Topliss-reactive ketones (excluding diaryl/α,β-unsaturated/α-hetero) is 1. The van der Waals surface area contributed by atoms with Gasteiger partial charge in [-0.2, -0.15) is 0 Å². The van der Waals surface area contributed by atoms with Gasteiger partial charge in [-0.05, 0) is 31.7 Å². The number of carbonyl (C=O) groups is 1. The molecule has 3 atom stereocenters. The molecule has 0 radical (unpaired) electrons. The second kappa shape index (κ2) is 4.92. The lowest BCUT2D eigenvalue weighted by molar-refractivity contribution is -0.124. The van der Waals surface area contributed by atoms with Crippen LogP contribution in [0.3, 0.4) is 0 Å². The average Bonchev–Trinajstić information content (AvgIpc) is 2.20. The van der Waals surface area contributed by atoms with Crippen molar-refractivity contribution < 1.29 is 4.79 Å². The zero-order chi connectivity index (χ0) is 10.7. The van der Waals surface area contributed by atoms with Crippen LogP contribution in [0.1, 0.15) is 40.5 Å². The predicted octanol–water partition coefficient (Wildman–Crippen LogP) is 2.33. The Bertz CT molecular complexity index is 202. The van der Waals surface area contributed by atoms with Crippen molar-refractivity contribution >= 4 is 5.78 Å². The molecule has 82 valence electrons. The molecule has 2 nitrogen and oxygen atoms in total. The van der Waals surface area contributed by atoms with Crippen molar-refractivity contribution in [3.63, 3.8) is 0 Å². The van der Waals surface area contributed by atoms with Crippen molar-refractivity contribution in [3.05, 3.63) is 0 Å². The van der Waals surface area contributed by atoms with Crippen molar-refractivity contribution in [2.45, 2.75) is 46.6 Å². The van der Waals surface area contributed by atoms with Crippen LogP contribution in [0.4, 0.5) is 0 Å². The van der Waals surface area contributed by atoms with Crippen molar-refractivity contribution in [1.29, 1.82) is 0 Å². The maximum Gasteiger partial charge on any atom is 0.149 e. The molecule has 1 fully saturated rings. The van der Waals surface area contributed by atoms with E-state index >= 15 is 0 Å². The first kappa shape index (κ1) is 11.7. The molecule has 1 heterocycles. The molecule has 3 unspecified atom stereocenters. The summed E-state index contributed by atoms with van der Waals surface area (Å²) in [7, 11) is 0. The minimum atomic E-state index is 0.134. The standard InChI is InChI=1S/C12H23NO/c1-5-12(14)11(4)13-7-6-9(2)10(3)8-13/h9-11H,5-8H2,1-4H3. The molecule has 0 saturated carbocycles. The summed E-state index contributed by atoms with van der Waals surface area (Å²) in [6, 6.07) is 0.134. The molecule has 0 spiro atoms. The number of hydrogen-bond donors (Lipinski definition) is 0. The molecule has 1 rings (SSSR count). The third-order valence-corrected chi connectivity index (χ3v) is 3.73. The van der Waals surface area contributed by atoms with Gasteiger partial charge in [0.1, 0.15) is 5.78 Å². The molecule has 0 aromatic rings. The third-order valence-electron chi connectivity index (χ3n) is 3.73. The molecule has 0 amide bonds. The van der Waals surface area contributed by atoms with Crippen molar-refractivity contribution in [3.8, 4) is 0 Å². The summed E-state index contributed by atoms with van der Waals surface area (Å²) in [5.41, 5.74) is 0. The van der Waals surface area contributed by atoms with Gasteiger partial charge in [-0.15, -0.1) is 0 Å². The Kier molecular flexibility index (Phi) is 4.11. The Balaban J connectivity index is 2.50. The van der Waals surface area contributed by atoms with Gasteiger partial charge < -0.3 is 0 Å². The monoisotopic (exact) mass is 197 g/mol. The molecule has 1 aliphatic heterocycles. The van der Waals surface area contributed by atoms with E-state index in [1.807, 2.05) is 6.92 Å². The van der Waals surface area contributed by atoms with Gasteiger partial charge in [-0.3, -0.25) is 9.69 Å². The number of likely N-dealkylation sites (tertiary alicyclic amines) is 1. The zero-order valence-electron chi connectivity index (χ0n) is 9.92. The predicted molar refractivity (Wildman–Crippen MR) is 59.3 cm³/mol. The highest BCUT2D eigenvalue weighted by Gasteiger charge is 2.27. The topological polar surface area (TPSA) is 20.3 Å². The van der Waals surface area contributed by atoms with E-state index in [-0.39, 0.29) is 6.04 Å². The highest BCUT2D eigenvalue weighted by atomic mass is 16.1. The molecule has 1 aliphatic rings. The van der Waals surface area contributed by atoms with Crippen LogP contribution in [0.5, 0.6) is 0 Å². The summed E-state index contributed by atoms with van der Waals surface area (Å²) < 4.78 is 0. The van der Waals surface area contributed by atoms with Crippen molar-refractivity contribution in [2.75, 3.05) is 13.1 Å². The molecule has 0 aliphatic carbocycles. The Hall–Kier alpha value is -0.370. The molecule has 0 N–H and O–H groups in total. The Morgan fingerprint density at radius 2 is 2.07 bits per heavy atom. The number of ketones is 1. The summed E-state index contributed by atoms with van der Waals surface area (Å²) in [4.78, 5) is 13.9. The molecular formula is C12H23NO. The van der Waals surface area contributed by atoms with E-state index in [2.05, 4.69) is 25.7 Å². The van der Waals surface area contributed by atoms with Gasteiger partial charge in [0.25, 0.3) is 0 Å². The first-order chi connectivity index (χ1) is 6.56. The van der Waals surface area contributed by atoms with Crippen molar-refractivity contribution in [1.82, 2.24) is 4.90 Å². The van der Waals surface area contributed by atoms with Gasteiger partial charge >= 0.3 is 0 Å². The van der Waals surface area contributed by atoms with Gasteiger partial charge in [0.2, 0.25) is 0 Å². The molecule has 0 aromatic heterocycles. The number of nitrogens with zero attached hydrogens (tertiary/aromatic N) is 1. The number of hydrogen-bond acceptors (Lipinski definition) is 2. The molecule has 1 saturated heterocycles. The van der Waals surface area contributed by atoms with Crippen molar-refractivity contribution in [2.24, 2.45) is 11.8 Å². The normalized spacial score (nSPS) is 31.4. The Labute approximate surface area is 87.7 Å². The minimum absolute atomic E-state index is 0.134. The van der Waals surface area contributed by atoms with Crippen LogP contribution in [-0.2, 0) is 4.79 Å². The fourth-order valence-corrected chi connectivity index (χ4v) is 2.15. The minimum Gasteiger partial charge on any atom is -0.298 e. The van der Waals surface area contributed by atoms with Crippen LogP contribution < -0.4 is 0 Å². The van der Waals surface area contributed by atoms with E-state index in [0.717, 1.165) is 24.9 Å². The van der Waals surface area contributed by atoms with E-state index in [9.17, 15) is 4.79 Å². The molecule has 0 bridgehead atoms. The van der Waals surface area contributed by atoms with E-state index in [4.69, 9.17) is 0 Å². The lowest BCUT2D eigenvalue weighted by Crippen LogP contribution is -2.46. The SMILES string of the molecule is CCC(=O)C(C)N1CCC(C)C(C)C1. The van der Waals surface area contributed by atoms with Crippen LogP contribution in [0.15, 0.2) is 0 Å². The maximum atomic E-state index is 11.6. The van der Waals surface area contributed by atoms with Crippen LogP contribution >= 0.6 is 0 Å². The number of carbonyl (C=O) groups excluding carboxylic acids is 1. The summed E-state index contributed by atoms with van der Waals surface area (Å²) in [6.45, 7) is 10.8. The third kappa shape index (κ3) is 2.57. The Morgan fingerprint density at radius 1 is 1.43 bits per heavy atom. The van der Waals surface area contributed by atoms with Gasteiger partial charge in [-0.25, -0.2) is 0 Å². The number of piperidine rings is 1. The van der Waals surface area contributed by atoms with Gasteiger partial charge in [-0.1, -0.05) is 20.8 Å². The van der Waals surface area contributed by atoms with Crippen LogP contribution in [0, 0.1) is 11.8 Å². The van der Waals surface area contributed by atoms with E-state index in [1.165, 1.54) is 6.42 Å². The lowest BCUT2D eigenvalue weighted by Gasteiger charge is -2.38. The fraction of sp³-hybridized carbons (Fsp3) is 0.917. The second-order valence-corrected chi connectivity index (χ2v) is 4.73. The van der Waals surface area contributed by atoms with Gasteiger partial charge in [0.05, 0.1) is 6.04 Å². The fourth-order valence-electron chi connectivity index (χ4n) is 2.15. The summed E-state index contributed by atoms with van der Waals surface area (Å²) >= 11 is 0. The van der Waals surface area contributed by atoms with Gasteiger partial charge in [0.15, 0.2) is 0 Å². The summed E-state index contributed by atoms with van der Waals surface area (Å²) in [5.74, 6) is 1.93. The summed E-state index contributed by atoms with van der Waals surface area (Å²) in [5, 5.41) is 0. The molecule has 2 heteroatoms. The van der Waals surface area contributed by atoms with Crippen LogP contribution in [-0.4, -0.2) is 29.8 Å². The highest BCUT2D eigenvalue weighted by Crippen LogP contribution is 2.24. The lowest BCUT2D eigenvalue weighted by atomic mass is 9.87. The van der Waals surface area contributed by atoms with Gasteiger partial charge in [0, 0.05) is 13.0 Å². The molecular weight excluding hydrogens is 174 g/mol. The van der Waals surface area contributed by atoms with E-state index in [1.54, 1.807) is 0 Å². The van der Waals surface area contributed by atoms with E-state index < -0.39 is 0 Å². The zero-order valence-corrected chi connectivity index (χ0v) is 9.92. The largest absolute Gasteiger partial charge is 0.298 e. The quantitative estimate of drug-likeness (QED) is 0.692. The first-order valence-corrected chi connectivity index (χ1v) is 5.83.